The summed E-state index contributed by atoms with van der Waals surface area (Å²) < 4.78 is 0.294. The van der Waals surface area contributed by atoms with E-state index in [1.807, 2.05) is 23.9 Å². The summed E-state index contributed by atoms with van der Waals surface area (Å²) >= 11 is 2.03. The fraction of sp³-hybridized carbons (Fsp3) is 0.529. The van der Waals surface area contributed by atoms with Crippen LogP contribution in [-0.2, 0) is 6.54 Å². The third-order valence-electron chi connectivity index (χ3n) is 3.91. The van der Waals surface area contributed by atoms with Gasteiger partial charge in [-0.1, -0.05) is 12.1 Å². The van der Waals surface area contributed by atoms with E-state index in [9.17, 15) is 4.79 Å². The van der Waals surface area contributed by atoms with Crippen LogP contribution >= 0.6 is 35.7 Å². The summed E-state index contributed by atoms with van der Waals surface area (Å²) in [6.45, 7) is 6.59. The molecule has 4 N–H and O–H groups in total. The molecule has 1 aliphatic rings. The van der Waals surface area contributed by atoms with E-state index in [0.29, 0.717) is 16.9 Å². The smallest absolute Gasteiger partial charge is 0.248 e. The van der Waals surface area contributed by atoms with Crippen molar-refractivity contribution in [2.45, 2.75) is 38.0 Å². The minimum Gasteiger partial charge on any atom is -0.366 e. The second kappa shape index (κ2) is 10.1. The third kappa shape index (κ3) is 6.51. The van der Waals surface area contributed by atoms with E-state index in [4.69, 9.17) is 5.73 Å². The molecule has 0 aliphatic carbocycles. The van der Waals surface area contributed by atoms with Crippen molar-refractivity contribution in [3.8, 4) is 0 Å². The minimum absolute atomic E-state index is 0. The Kier molecular flexibility index (Phi) is 8.90. The zero-order valence-electron chi connectivity index (χ0n) is 14.3. The fourth-order valence-electron chi connectivity index (χ4n) is 2.58. The van der Waals surface area contributed by atoms with E-state index >= 15 is 0 Å². The molecule has 0 aromatic heterocycles. The average Bonchev–Trinajstić information content (AvgIpc) is 2.97. The van der Waals surface area contributed by atoms with Gasteiger partial charge in [0.15, 0.2) is 5.96 Å². The van der Waals surface area contributed by atoms with Gasteiger partial charge in [0.25, 0.3) is 0 Å². The SMILES string of the molecule is CCNC(=NCc1cccc(C(N)=O)c1)NCC1(C)CCCS1.I. The van der Waals surface area contributed by atoms with Crippen LogP contribution in [0.2, 0.25) is 0 Å². The van der Waals surface area contributed by atoms with E-state index in [-0.39, 0.29) is 24.0 Å². The van der Waals surface area contributed by atoms with Gasteiger partial charge in [0.1, 0.15) is 0 Å². The molecule has 5 nitrogen and oxygen atoms in total. The van der Waals surface area contributed by atoms with Gasteiger partial charge in [0.2, 0.25) is 5.91 Å². The van der Waals surface area contributed by atoms with Crippen LogP contribution in [0.15, 0.2) is 29.3 Å². The summed E-state index contributed by atoms with van der Waals surface area (Å²) in [5.41, 5.74) is 6.81. The molecule has 1 saturated heterocycles. The predicted octanol–water partition coefficient (Wildman–Crippen LogP) is 2.74. The summed E-state index contributed by atoms with van der Waals surface area (Å²) in [7, 11) is 0. The van der Waals surface area contributed by atoms with Crippen LogP contribution in [0, 0.1) is 0 Å². The lowest BCUT2D eigenvalue weighted by Gasteiger charge is -2.24. The monoisotopic (exact) mass is 462 g/mol. The van der Waals surface area contributed by atoms with E-state index < -0.39 is 5.91 Å². The van der Waals surface area contributed by atoms with Gasteiger partial charge in [0.05, 0.1) is 6.54 Å². The van der Waals surface area contributed by atoms with Crippen molar-refractivity contribution in [2.24, 2.45) is 10.7 Å². The summed E-state index contributed by atoms with van der Waals surface area (Å²) in [5, 5.41) is 6.71. The van der Waals surface area contributed by atoms with Gasteiger partial charge >= 0.3 is 0 Å². The number of aliphatic imine (C=N–C) groups is 1. The Bertz CT molecular complexity index is 573. The first kappa shape index (κ1) is 21.1. The highest BCUT2D eigenvalue weighted by molar-refractivity contribution is 14.0. The van der Waals surface area contributed by atoms with Crippen molar-refractivity contribution in [1.29, 1.82) is 0 Å². The van der Waals surface area contributed by atoms with Gasteiger partial charge in [0, 0.05) is 23.4 Å². The van der Waals surface area contributed by atoms with E-state index in [1.165, 1.54) is 18.6 Å². The first-order chi connectivity index (χ1) is 11.0. The molecule has 1 unspecified atom stereocenters. The van der Waals surface area contributed by atoms with E-state index in [1.54, 1.807) is 12.1 Å². The Labute approximate surface area is 165 Å². The number of primary amides is 1. The molecule has 1 amide bonds. The number of amides is 1. The molecular formula is C17H27IN4OS. The van der Waals surface area contributed by atoms with Crippen LogP contribution in [0.25, 0.3) is 0 Å². The number of rotatable bonds is 6. The molecule has 1 aromatic rings. The first-order valence-corrected chi connectivity index (χ1v) is 9.06. The number of nitrogens with two attached hydrogens (primary N) is 1. The third-order valence-corrected chi connectivity index (χ3v) is 5.44. The maximum Gasteiger partial charge on any atom is 0.248 e. The number of carbonyl (C=O) groups is 1. The second-order valence-electron chi connectivity index (χ2n) is 6.02. The van der Waals surface area contributed by atoms with Crippen LogP contribution in [-0.4, -0.2) is 35.5 Å². The maximum absolute atomic E-state index is 11.2. The number of carbonyl (C=O) groups excluding carboxylic acids is 1. The van der Waals surface area contributed by atoms with Crippen LogP contribution in [0.3, 0.4) is 0 Å². The molecule has 1 heterocycles. The standard InChI is InChI=1S/C17H26N4OS.HI/c1-3-19-16(21-12-17(2)8-5-9-23-17)20-11-13-6-4-7-14(10-13)15(18)22;/h4,6-7,10H,3,5,8-9,11-12H2,1-2H3,(H2,18,22)(H2,19,20,21);1H. The lowest BCUT2D eigenvalue weighted by molar-refractivity contribution is 0.1000. The second-order valence-corrected chi connectivity index (χ2v) is 7.70. The molecule has 0 saturated carbocycles. The Balaban J connectivity index is 0.00000288. The van der Waals surface area contributed by atoms with Crippen molar-refractivity contribution in [3.63, 3.8) is 0 Å². The van der Waals surface area contributed by atoms with Gasteiger partial charge in [-0.2, -0.15) is 11.8 Å². The molecule has 0 spiro atoms. The van der Waals surface area contributed by atoms with Gasteiger partial charge < -0.3 is 16.4 Å². The number of halogens is 1. The highest BCUT2D eigenvalue weighted by Gasteiger charge is 2.29. The van der Waals surface area contributed by atoms with Gasteiger partial charge in [-0.25, -0.2) is 4.99 Å². The van der Waals surface area contributed by atoms with E-state index in [0.717, 1.165) is 24.6 Å². The molecule has 134 valence electrons. The number of nitrogens with one attached hydrogen (secondary N) is 2. The number of benzene rings is 1. The van der Waals surface area contributed by atoms with Crippen molar-refractivity contribution in [3.05, 3.63) is 35.4 Å². The first-order valence-electron chi connectivity index (χ1n) is 8.07. The molecular weight excluding hydrogens is 435 g/mol. The van der Waals surface area contributed by atoms with Crippen molar-refractivity contribution >= 4 is 47.6 Å². The topological polar surface area (TPSA) is 79.5 Å². The lowest BCUT2D eigenvalue weighted by atomic mass is 10.1. The average molecular weight is 462 g/mol. The van der Waals surface area contributed by atoms with E-state index in [2.05, 4.69) is 29.5 Å². The lowest BCUT2D eigenvalue weighted by Crippen LogP contribution is -2.43. The molecule has 7 heteroatoms. The molecule has 0 bridgehead atoms. The zero-order valence-corrected chi connectivity index (χ0v) is 17.4. The maximum atomic E-state index is 11.2. The number of hydrogen-bond acceptors (Lipinski definition) is 3. The summed E-state index contributed by atoms with van der Waals surface area (Å²) in [4.78, 5) is 15.8. The Morgan fingerprint density at radius 1 is 1.42 bits per heavy atom. The van der Waals surface area contributed by atoms with Crippen LogP contribution < -0.4 is 16.4 Å². The van der Waals surface area contributed by atoms with Crippen molar-refractivity contribution in [2.75, 3.05) is 18.8 Å². The number of guanidine groups is 1. The number of hydrogen-bond donors (Lipinski definition) is 3. The van der Waals surface area contributed by atoms with Crippen molar-refractivity contribution in [1.82, 2.24) is 10.6 Å². The van der Waals surface area contributed by atoms with Gasteiger partial charge in [-0.05, 0) is 50.1 Å². The number of nitrogens with zero attached hydrogens (tertiary/aromatic N) is 1. The summed E-state index contributed by atoms with van der Waals surface area (Å²) in [6.07, 6.45) is 2.53. The Morgan fingerprint density at radius 2 is 2.21 bits per heavy atom. The van der Waals surface area contributed by atoms with Gasteiger partial charge in [-0.3, -0.25) is 4.79 Å². The molecule has 0 radical (unpaired) electrons. The zero-order chi connectivity index (χ0) is 16.7. The summed E-state index contributed by atoms with van der Waals surface area (Å²) in [6, 6.07) is 7.30. The quantitative estimate of drug-likeness (QED) is 0.345. The van der Waals surface area contributed by atoms with Gasteiger partial charge in [-0.15, -0.1) is 24.0 Å². The molecule has 1 aliphatic heterocycles. The molecule has 2 rings (SSSR count). The molecule has 1 atom stereocenters. The molecule has 1 aromatic carbocycles. The minimum atomic E-state index is -0.410. The number of thioether (sulfide) groups is 1. The molecule has 24 heavy (non-hydrogen) atoms. The highest BCUT2D eigenvalue weighted by atomic mass is 127. The van der Waals surface area contributed by atoms with Crippen molar-refractivity contribution < 1.29 is 4.79 Å². The normalized spacial score (nSPS) is 20.3. The Hall–Kier alpha value is -0.960. The largest absolute Gasteiger partial charge is 0.366 e. The highest BCUT2D eigenvalue weighted by Crippen LogP contribution is 2.36. The van der Waals surface area contributed by atoms with Crippen LogP contribution in [0.5, 0.6) is 0 Å². The fourth-order valence-corrected chi connectivity index (χ4v) is 3.83. The Morgan fingerprint density at radius 3 is 2.83 bits per heavy atom. The van der Waals surface area contributed by atoms with Crippen LogP contribution in [0.1, 0.15) is 42.6 Å². The summed E-state index contributed by atoms with van der Waals surface area (Å²) in [5.74, 6) is 1.64. The predicted molar refractivity (Wildman–Crippen MR) is 113 cm³/mol. The van der Waals surface area contributed by atoms with Crippen LogP contribution in [0.4, 0.5) is 0 Å². The molecule has 1 fully saturated rings.